The van der Waals surface area contributed by atoms with Gasteiger partial charge >= 0.3 is 0 Å². The maximum absolute atomic E-state index is 11.3. The van der Waals surface area contributed by atoms with Crippen molar-refractivity contribution in [3.8, 4) is 0 Å². The zero-order valence-electron chi connectivity index (χ0n) is 7.60. The summed E-state index contributed by atoms with van der Waals surface area (Å²) in [5.74, 6) is 0.266. The SMILES string of the molecule is O=C1COCOC1=Cc1ccccc1. The molecule has 1 fully saturated rings. The number of hydrogen-bond acceptors (Lipinski definition) is 3. The van der Waals surface area contributed by atoms with Crippen LogP contribution in [0.15, 0.2) is 36.1 Å². The van der Waals surface area contributed by atoms with E-state index in [1.165, 1.54) is 0 Å². The van der Waals surface area contributed by atoms with Crippen molar-refractivity contribution in [1.82, 2.24) is 0 Å². The van der Waals surface area contributed by atoms with Gasteiger partial charge in [0.05, 0.1) is 0 Å². The number of benzene rings is 1. The van der Waals surface area contributed by atoms with Gasteiger partial charge in [0.1, 0.15) is 6.61 Å². The van der Waals surface area contributed by atoms with Gasteiger partial charge in [-0.15, -0.1) is 0 Å². The van der Waals surface area contributed by atoms with Crippen LogP contribution >= 0.6 is 0 Å². The molecule has 0 spiro atoms. The van der Waals surface area contributed by atoms with Gasteiger partial charge in [0.2, 0.25) is 5.78 Å². The summed E-state index contributed by atoms with van der Waals surface area (Å²) in [6.07, 6.45) is 1.73. The van der Waals surface area contributed by atoms with E-state index in [9.17, 15) is 4.79 Å². The fourth-order valence-corrected chi connectivity index (χ4v) is 1.21. The van der Waals surface area contributed by atoms with E-state index >= 15 is 0 Å². The first-order chi connectivity index (χ1) is 6.86. The standard InChI is InChI=1S/C11H10O3/c12-10-7-13-8-14-11(10)6-9-4-2-1-3-5-9/h1-6H,7-8H2. The first-order valence-corrected chi connectivity index (χ1v) is 4.37. The molecule has 1 aliphatic rings. The molecular formula is C11H10O3. The van der Waals surface area contributed by atoms with Crippen molar-refractivity contribution in [2.24, 2.45) is 0 Å². The zero-order valence-corrected chi connectivity index (χ0v) is 7.60. The summed E-state index contributed by atoms with van der Waals surface area (Å²) >= 11 is 0. The maximum atomic E-state index is 11.3. The highest BCUT2D eigenvalue weighted by molar-refractivity contribution is 5.98. The van der Waals surface area contributed by atoms with E-state index in [1.54, 1.807) is 6.08 Å². The third-order valence-corrected chi connectivity index (χ3v) is 1.90. The predicted octanol–water partition coefficient (Wildman–Crippen LogP) is 1.60. The summed E-state index contributed by atoms with van der Waals surface area (Å²) in [5.41, 5.74) is 0.956. The third kappa shape index (κ3) is 2.00. The van der Waals surface area contributed by atoms with Crippen LogP contribution in [0.2, 0.25) is 0 Å². The minimum atomic E-state index is -0.111. The quantitative estimate of drug-likeness (QED) is 0.631. The number of hydrogen-bond donors (Lipinski definition) is 0. The average molecular weight is 190 g/mol. The van der Waals surface area contributed by atoms with Crippen molar-refractivity contribution in [2.45, 2.75) is 0 Å². The van der Waals surface area contributed by atoms with E-state index in [1.807, 2.05) is 30.3 Å². The highest BCUT2D eigenvalue weighted by Crippen LogP contribution is 2.12. The Morgan fingerprint density at radius 1 is 1.21 bits per heavy atom. The molecule has 0 bridgehead atoms. The Labute approximate surface area is 81.9 Å². The van der Waals surface area contributed by atoms with E-state index in [4.69, 9.17) is 9.47 Å². The van der Waals surface area contributed by atoms with Gasteiger partial charge in [-0.25, -0.2) is 0 Å². The molecule has 0 aromatic heterocycles. The lowest BCUT2D eigenvalue weighted by atomic mass is 10.2. The average Bonchev–Trinajstić information content (AvgIpc) is 2.23. The fraction of sp³-hybridized carbons (Fsp3) is 0.182. The Balaban J connectivity index is 2.21. The Morgan fingerprint density at radius 3 is 2.71 bits per heavy atom. The zero-order chi connectivity index (χ0) is 9.80. The predicted molar refractivity (Wildman–Crippen MR) is 51.3 cm³/mol. The Kier molecular flexibility index (Phi) is 2.60. The van der Waals surface area contributed by atoms with E-state index in [-0.39, 0.29) is 19.2 Å². The van der Waals surface area contributed by atoms with Gasteiger partial charge in [-0.3, -0.25) is 4.79 Å². The van der Waals surface area contributed by atoms with Crippen LogP contribution in [0.5, 0.6) is 0 Å². The molecule has 0 atom stereocenters. The highest BCUT2D eigenvalue weighted by Gasteiger charge is 2.16. The molecule has 1 heterocycles. The van der Waals surface area contributed by atoms with Gasteiger partial charge in [0.25, 0.3) is 0 Å². The third-order valence-electron chi connectivity index (χ3n) is 1.90. The minimum absolute atomic E-state index is 0.110. The monoisotopic (exact) mass is 190 g/mol. The van der Waals surface area contributed by atoms with Crippen LogP contribution in [-0.4, -0.2) is 19.2 Å². The van der Waals surface area contributed by atoms with Gasteiger partial charge in [-0.2, -0.15) is 0 Å². The number of ether oxygens (including phenoxy) is 2. The highest BCUT2D eigenvalue weighted by atomic mass is 16.7. The topological polar surface area (TPSA) is 35.5 Å². The summed E-state index contributed by atoms with van der Waals surface area (Å²) in [6.45, 7) is 0.267. The van der Waals surface area contributed by atoms with Crippen molar-refractivity contribution in [1.29, 1.82) is 0 Å². The molecule has 0 aliphatic carbocycles. The van der Waals surface area contributed by atoms with E-state index in [0.29, 0.717) is 5.76 Å². The van der Waals surface area contributed by atoms with E-state index < -0.39 is 0 Å². The van der Waals surface area contributed by atoms with Crippen molar-refractivity contribution < 1.29 is 14.3 Å². The normalized spacial score (nSPS) is 19.4. The van der Waals surface area contributed by atoms with Crippen molar-refractivity contribution in [3.05, 3.63) is 41.7 Å². The molecule has 0 amide bonds. The van der Waals surface area contributed by atoms with Crippen molar-refractivity contribution in [2.75, 3.05) is 13.4 Å². The Morgan fingerprint density at radius 2 is 2.00 bits per heavy atom. The van der Waals surface area contributed by atoms with Crippen LogP contribution in [-0.2, 0) is 14.3 Å². The maximum Gasteiger partial charge on any atom is 0.223 e. The van der Waals surface area contributed by atoms with E-state index in [0.717, 1.165) is 5.56 Å². The largest absolute Gasteiger partial charge is 0.464 e. The molecule has 3 heteroatoms. The van der Waals surface area contributed by atoms with Crippen molar-refractivity contribution >= 4 is 11.9 Å². The summed E-state index contributed by atoms with van der Waals surface area (Å²) in [7, 11) is 0. The fourth-order valence-electron chi connectivity index (χ4n) is 1.21. The number of carbonyl (C=O) groups is 1. The van der Waals surface area contributed by atoms with Crippen molar-refractivity contribution in [3.63, 3.8) is 0 Å². The summed E-state index contributed by atoms with van der Waals surface area (Å²) in [4.78, 5) is 11.3. The van der Waals surface area contributed by atoms with Crippen LogP contribution in [0, 0.1) is 0 Å². The lowest BCUT2D eigenvalue weighted by Crippen LogP contribution is -2.21. The molecule has 14 heavy (non-hydrogen) atoms. The first kappa shape index (κ1) is 8.97. The molecule has 0 N–H and O–H groups in total. The second-order valence-electron chi connectivity index (χ2n) is 2.95. The molecule has 72 valence electrons. The minimum Gasteiger partial charge on any atom is -0.464 e. The van der Waals surface area contributed by atoms with Crippen LogP contribution in [0.4, 0.5) is 0 Å². The Bertz CT molecular complexity index is 354. The second kappa shape index (κ2) is 4.07. The van der Waals surface area contributed by atoms with Gasteiger partial charge in [0.15, 0.2) is 12.6 Å². The molecular weight excluding hydrogens is 180 g/mol. The number of rotatable bonds is 1. The van der Waals surface area contributed by atoms with Gasteiger partial charge in [-0.1, -0.05) is 30.3 Å². The van der Waals surface area contributed by atoms with Gasteiger partial charge in [0, 0.05) is 0 Å². The summed E-state index contributed by atoms with van der Waals surface area (Å²) < 4.78 is 9.92. The second-order valence-corrected chi connectivity index (χ2v) is 2.95. The van der Waals surface area contributed by atoms with Crippen LogP contribution in [0.3, 0.4) is 0 Å². The smallest absolute Gasteiger partial charge is 0.223 e. The molecule has 0 saturated carbocycles. The molecule has 3 nitrogen and oxygen atoms in total. The van der Waals surface area contributed by atoms with Crippen LogP contribution < -0.4 is 0 Å². The molecule has 0 radical (unpaired) electrons. The molecule has 0 unspecified atom stereocenters. The lowest BCUT2D eigenvalue weighted by molar-refractivity contribution is -0.139. The number of Topliss-reactive ketones (excluding diaryl/α,β-unsaturated/α-hetero) is 1. The van der Waals surface area contributed by atoms with Crippen LogP contribution in [0.25, 0.3) is 6.08 Å². The molecule has 1 aliphatic heterocycles. The summed E-state index contributed by atoms with van der Waals surface area (Å²) in [6, 6.07) is 9.58. The first-order valence-electron chi connectivity index (χ1n) is 4.37. The molecule has 1 aromatic carbocycles. The lowest BCUT2D eigenvalue weighted by Gasteiger charge is -2.14. The summed E-state index contributed by atoms with van der Waals surface area (Å²) in [5, 5.41) is 0. The molecule has 1 aromatic rings. The van der Waals surface area contributed by atoms with Gasteiger partial charge < -0.3 is 9.47 Å². The molecule has 2 rings (SSSR count). The number of carbonyl (C=O) groups excluding carboxylic acids is 1. The van der Waals surface area contributed by atoms with E-state index in [2.05, 4.69) is 0 Å². The van der Waals surface area contributed by atoms with Crippen LogP contribution in [0.1, 0.15) is 5.56 Å². The molecule has 1 saturated heterocycles. The number of ketones is 1. The van der Waals surface area contributed by atoms with Gasteiger partial charge in [-0.05, 0) is 11.6 Å². The Hall–Kier alpha value is -1.61.